The summed E-state index contributed by atoms with van der Waals surface area (Å²) in [5.41, 5.74) is 4.70. The van der Waals surface area contributed by atoms with Gasteiger partial charge in [0.1, 0.15) is 5.56 Å². The zero-order chi connectivity index (χ0) is 12.5. The summed E-state index contributed by atoms with van der Waals surface area (Å²) < 4.78 is 42.1. The second-order valence-electron chi connectivity index (χ2n) is 3.37. The number of phenolic OH excluding ortho intramolecular Hbond substituents is 1. The number of phenols is 1. The molecule has 0 aliphatic heterocycles. The van der Waals surface area contributed by atoms with Gasteiger partial charge < -0.3 is 15.6 Å². The maximum absolute atomic E-state index is 12.5. The van der Waals surface area contributed by atoms with Crippen LogP contribution in [0.3, 0.4) is 0 Å². The van der Waals surface area contributed by atoms with Gasteiger partial charge in [0.15, 0.2) is 11.5 Å². The average Bonchev–Trinajstić information content (AvgIpc) is 2.15. The minimum Gasteiger partial charge on any atom is -0.504 e. The second-order valence-corrected chi connectivity index (χ2v) is 3.37. The number of methoxy groups -OCH3 is 1. The number of hydrogen-bond donors (Lipinski definition) is 2. The molecule has 3 N–H and O–H groups in total. The third-order valence-corrected chi connectivity index (χ3v) is 2.16. The van der Waals surface area contributed by atoms with Crippen LogP contribution in [0.4, 0.5) is 13.2 Å². The summed E-state index contributed by atoms with van der Waals surface area (Å²) in [7, 11) is 1.06. The highest BCUT2D eigenvalue weighted by Gasteiger charge is 2.36. The summed E-state index contributed by atoms with van der Waals surface area (Å²) in [6.07, 6.45) is -4.57. The van der Waals surface area contributed by atoms with Crippen LogP contribution in [0.25, 0.3) is 0 Å². The fraction of sp³-hybridized carbons (Fsp3) is 0.400. The van der Waals surface area contributed by atoms with Gasteiger partial charge in [-0.25, -0.2) is 0 Å². The number of aromatic hydroxyl groups is 1. The van der Waals surface area contributed by atoms with Gasteiger partial charge in [-0.1, -0.05) is 6.07 Å². The van der Waals surface area contributed by atoms with Crippen LogP contribution in [0.15, 0.2) is 12.1 Å². The van der Waals surface area contributed by atoms with Crippen LogP contribution in [0.2, 0.25) is 0 Å². The van der Waals surface area contributed by atoms with Crippen LogP contribution in [0, 0.1) is 0 Å². The first-order valence-corrected chi connectivity index (χ1v) is 4.51. The van der Waals surface area contributed by atoms with Crippen LogP contribution in [0.5, 0.6) is 11.5 Å². The maximum Gasteiger partial charge on any atom is 0.420 e. The van der Waals surface area contributed by atoms with E-state index in [4.69, 9.17) is 5.73 Å². The molecule has 3 nitrogen and oxygen atoms in total. The molecule has 16 heavy (non-hydrogen) atoms. The molecule has 1 rings (SSSR count). The molecule has 0 aromatic heterocycles. The van der Waals surface area contributed by atoms with Crippen molar-refractivity contribution in [3.8, 4) is 11.5 Å². The topological polar surface area (TPSA) is 55.5 Å². The zero-order valence-corrected chi connectivity index (χ0v) is 8.80. The van der Waals surface area contributed by atoms with E-state index in [2.05, 4.69) is 4.74 Å². The highest BCUT2D eigenvalue weighted by Crippen LogP contribution is 2.43. The Morgan fingerprint density at radius 3 is 2.31 bits per heavy atom. The standard InChI is InChI=1S/C10H12F3NO2/c1-5(14)6-3-4-7(10(11,12)13)9(16-2)8(6)15/h3-5,15H,14H2,1-2H3. The van der Waals surface area contributed by atoms with Crippen molar-refractivity contribution in [2.24, 2.45) is 5.73 Å². The van der Waals surface area contributed by atoms with E-state index in [0.29, 0.717) is 0 Å². The number of alkyl halides is 3. The third kappa shape index (κ3) is 2.21. The molecule has 90 valence electrons. The van der Waals surface area contributed by atoms with Crippen LogP contribution >= 0.6 is 0 Å². The van der Waals surface area contributed by atoms with E-state index in [0.717, 1.165) is 19.2 Å². The summed E-state index contributed by atoms with van der Waals surface area (Å²) in [6, 6.07) is 1.42. The minimum atomic E-state index is -4.57. The van der Waals surface area contributed by atoms with Gasteiger partial charge in [0.2, 0.25) is 0 Å². The van der Waals surface area contributed by atoms with Gasteiger partial charge in [-0.2, -0.15) is 13.2 Å². The van der Waals surface area contributed by atoms with E-state index >= 15 is 0 Å². The lowest BCUT2D eigenvalue weighted by molar-refractivity contribution is -0.138. The molecule has 0 bridgehead atoms. The van der Waals surface area contributed by atoms with Crippen LogP contribution in [-0.2, 0) is 6.18 Å². The Hall–Kier alpha value is -1.43. The molecule has 0 saturated heterocycles. The monoisotopic (exact) mass is 235 g/mol. The molecule has 6 heteroatoms. The Morgan fingerprint density at radius 2 is 1.94 bits per heavy atom. The van der Waals surface area contributed by atoms with Crippen molar-refractivity contribution in [1.82, 2.24) is 0 Å². The number of hydrogen-bond acceptors (Lipinski definition) is 3. The minimum absolute atomic E-state index is 0.213. The fourth-order valence-electron chi connectivity index (χ4n) is 1.38. The normalized spacial score (nSPS) is 13.6. The summed E-state index contributed by atoms with van der Waals surface area (Å²) in [5, 5.41) is 9.60. The van der Waals surface area contributed by atoms with Crippen molar-refractivity contribution in [1.29, 1.82) is 0 Å². The Bertz CT molecular complexity index is 388. The van der Waals surface area contributed by atoms with Crippen LogP contribution < -0.4 is 10.5 Å². The number of rotatable bonds is 2. The quantitative estimate of drug-likeness (QED) is 0.827. The van der Waals surface area contributed by atoms with Gasteiger partial charge in [0.25, 0.3) is 0 Å². The van der Waals surface area contributed by atoms with E-state index in [1.54, 1.807) is 6.92 Å². The molecule has 0 radical (unpaired) electrons. The highest BCUT2D eigenvalue weighted by atomic mass is 19.4. The Morgan fingerprint density at radius 1 is 1.38 bits per heavy atom. The van der Waals surface area contributed by atoms with Gasteiger partial charge in [-0.15, -0.1) is 0 Å². The summed E-state index contributed by atoms with van der Waals surface area (Å²) in [4.78, 5) is 0. The molecule has 0 fully saturated rings. The van der Waals surface area contributed by atoms with Gasteiger partial charge in [0, 0.05) is 11.6 Å². The number of nitrogens with two attached hydrogens (primary N) is 1. The highest BCUT2D eigenvalue weighted by molar-refractivity contribution is 5.53. The lowest BCUT2D eigenvalue weighted by Gasteiger charge is -2.17. The molecule has 0 spiro atoms. The van der Waals surface area contributed by atoms with Crippen LogP contribution in [-0.4, -0.2) is 12.2 Å². The molecule has 1 aromatic carbocycles. The Labute approximate surface area is 90.6 Å². The van der Waals surface area contributed by atoms with Crippen molar-refractivity contribution >= 4 is 0 Å². The SMILES string of the molecule is COc1c(C(F)(F)F)ccc(C(C)N)c1O. The maximum atomic E-state index is 12.5. The van der Waals surface area contributed by atoms with Gasteiger partial charge in [-0.05, 0) is 13.0 Å². The first-order valence-electron chi connectivity index (χ1n) is 4.51. The third-order valence-electron chi connectivity index (χ3n) is 2.16. The first kappa shape index (κ1) is 12.6. The zero-order valence-electron chi connectivity index (χ0n) is 8.80. The van der Waals surface area contributed by atoms with E-state index in [1.807, 2.05) is 0 Å². The molecule has 0 amide bonds. The van der Waals surface area contributed by atoms with Crippen molar-refractivity contribution < 1.29 is 23.0 Å². The van der Waals surface area contributed by atoms with Gasteiger partial charge in [0.05, 0.1) is 7.11 Å². The number of halogens is 3. The van der Waals surface area contributed by atoms with E-state index in [1.165, 1.54) is 0 Å². The summed E-state index contributed by atoms with van der Waals surface area (Å²) in [6.45, 7) is 1.56. The molecule has 0 aliphatic carbocycles. The number of benzene rings is 1. The lowest BCUT2D eigenvalue weighted by Crippen LogP contribution is -2.11. The predicted octanol–water partition coefficient (Wildman–Crippen LogP) is 2.44. The summed E-state index contributed by atoms with van der Waals surface area (Å²) in [5.74, 6) is -1.16. The Kier molecular flexibility index (Phi) is 3.32. The molecule has 1 aromatic rings. The van der Waals surface area contributed by atoms with Crippen molar-refractivity contribution in [2.45, 2.75) is 19.1 Å². The molecule has 0 aliphatic rings. The molecular formula is C10H12F3NO2. The van der Waals surface area contributed by atoms with Crippen molar-refractivity contribution in [3.63, 3.8) is 0 Å². The number of ether oxygens (including phenoxy) is 1. The molecule has 1 atom stereocenters. The summed E-state index contributed by atoms with van der Waals surface area (Å²) >= 11 is 0. The van der Waals surface area contributed by atoms with Gasteiger partial charge >= 0.3 is 6.18 Å². The molecule has 0 saturated carbocycles. The van der Waals surface area contributed by atoms with E-state index in [9.17, 15) is 18.3 Å². The predicted molar refractivity (Wildman–Crippen MR) is 52.3 cm³/mol. The van der Waals surface area contributed by atoms with Gasteiger partial charge in [-0.3, -0.25) is 0 Å². The lowest BCUT2D eigenvalue weighted by atomic mass is 10.0. The second kappa shape index (κ2) is 4.21. The van der Waals surface area contributed by atoms with Crippen LogP contribution in [0.1, 0.15) is 24.1 Å². The first-order chi connectivity index (χ1) is 7.29. The molecule has 1 unspecified atom stereocenters. The average molecular weight is 235 g/mol. The van der Waals surface area contributed by atoms with E-state index in [-0.39, 0.29) is 5.56 Å². The van der Waals surface area contributed by atoms with E-state index < -0.39 is 29.3 Å². The Balaban J connectivity index is 3.41. The van der Waals surface area contributed by atoms with Crippen molar-refractivity contribution in [2.75, 3.05) is 7.11 Å². The largest absolute Gasteiger partial charge is 0.504 e. The van der Waals surface area contributed by atoms with Crippen molar-refractivity contribution in [3.05, 3.63) is 23.3 Å². The fourth-order valence-corrected chi connectivity index (χ4v) is 1.38. The molecular weight excluding hydrogens is 223 g/mol. The molecule has 0 heterocycles. The smallest absolute Gasteiger partial charge is 0.420 e.